The molecule has 3 rings (SSSR count). The summed E-state index contributed by atoms with van der Waals surface area (Å²) in [4.78, 5) is 28.2. The van der Waals surface area contributed by atoms with Gasteiger partial charge >= 0.3 is 0 Å². The van der Waals surface area contributed by atoms with Crippen molar-refractivity contribution in [1.82, 2.24) is 10.2 Å². The molecule has 0 heterocycles. The van der Waals surface area contributed by atoms with Crippen molar-refractivity contribution in [3.63, 3.8) is 0 Å². The van der Waals surface area contributed by atoms with E-state index < -0.39 is 28.5 Å². The monoisotopic (exact) mass is 589 g/mol. The fourth-order valence-electron chi connectivity index (χ4n) is 4.02. The number of nitrogens with zero attached hydrogens (tertiary/aromatic N) is 2. The molecule has 1 atom stereocenters. The van der Waals surface area contributed by atoms with Crippen LogP contribution in [0, 0.1) is 6.92 Å². The third-order valence-electron chi connectivity index (χ3n) is 6.22. The Morgan fingerprint density at radius 3 is 2.15 bits per heavy atom. The number of hydrogen-bond acceptors (Lipinski definition) is 4. The van der Waals surface area contributed by atoms with Crippen LogP contribution in [0.3, 0.4) is 0 Å². The van der Waals surface area contributed by atoms with Gasteiger partial charge in [-0.2, -0.15) is 0 Å². The van der Waals surface area contributed by atoms with E-state index in [0.717, 1.165) is 21.9 Å². The van der Waals surface area contributed by atoms with Crippen LogP contribution in [-0.4, -0.2) is 50.8 Å². The van der Waals surface area contributed by atoms with Gasteiger partial charge in [0.1, 0.15) is 12.6 Å². The summed E-state index contributed by atoms with van der Waals surface area (Å²) in [6.07, 6.45) is 1.24. The van der Waals surface area contributed by atoms with Gasteiger partial charge in [0.25, 0.3) is 10.0 Å². The van der Waals surface area contributed by atoms with Crippen LogP contribution < -0.4 is 9.62 Å². The minimum absolute atomic E-state index is 0.0153. The van der Waals surface area contributed by atoms with Gasteiger partial charge in [-0.3, -0.25) is 13.9 Å². The summed E-state index contributed by atoms with van der Waals surface area (Å²) in [5.41, 5.74) is 2.02. The number of anilines is 1. The number of amides is 2. The molecule has 0 fully saturated rings. The second-order valence-electron chi connectivity index (χ2n) is 9.24. The van der Waals surface area contributed by atoms with E-state index in [0.29, 0.717) is 13.0 Å². The summed E-state index contributed by atoms with van der Waals surface area (Å²) in [6.45, 7) is 5.57. The molecule has 0 aliphatic rings. The van der Waals surface area contributed by atoms with E-state index in [1.165, 1.54) is 35.2 Å². The minimum atomic E-state index is -4.19. The lowest BCUT2D eigenvalue weighted by Gasteiger charge is -2.32. The Morgan fingerprint density at radius 1 is 0.949 bits per heavy atom. The molecule has 39 heavy (non-hydrogen) atoms. The van der Waals surface area contributed by atoms with Gasteiger partial charge in [-0.25, -0.2) is 8.42 Å². The fraction of sp³-hybridized carbons (Fsp3) is 0.310. The number of hydrogen-bond donors (Lipinski definition) is 1. The molecule has 0 saturated heterocycles. The molecule has 0 unspecified atom stereocenters. The Kier molecular flexibility index (Phi) is 10.8. The second kappa shape index (κ2) is 13.8. The zero-order valence-electron chi connectivity index (χ0n) is 22.2. The Labute approximate surface area is 240 Å². The first-order chi connectivity index (χ1) is 18.5. The predicted molar refractivity (Wildman–Crippen MR) is 157 cm³/mol. The summed E-state index contributed by atoms with van der Waals surface area (Å²) in [5.74, 6) is -0.839. The van der Waals surface area contributed by atoms with Crippen molar-refractivity contribution in [2.45, 2.75) is 44.6 Å². The van der Waals surface area contributed by atoms with Crippen LogP contribution in [0.5, 0.6) is 0 Å². The molecule has 3 aromatic carbocycles. The van der Waals surface area contributed by atoms with Gasteiger partial charge in [-0.05, 0) is 62.6 Å². The van der Waals surface area contributed by atoms with E-state index in [1.807, 2.05) is 44.2 Å². The number of rotatable bonds is 12. The highest BCUT2D eigenvalue weighted by Gasteiger charge is 2.32. The predicted octanol–water partition coefficient (Wildman–Crippen LogP) is 5.48. The lowest BCUT2D eigenvalue weighted by Crippen LogP contribution is -2.52. The van der Waals surface area contributed by atoms with Gasteiger partial charge in [-0.1, -0.05) is 78.2 Å². The highest BCUT2D eigenvalue weighted by Crippen LogP contribution is 2.30. The zero-order chi connectivity index (χ0) is 28.6. The van der Waals surface area contributed by atoms with Crippen molar-refractivity contribution in [3.8, 4) is 0 Å². The van der Waals surface area contributed by atoms with Gasteiger partial charge in [0.05, 0.1) is 10.6 Å². The molecular formula is C29H33Cl2N3O4S. The van der Waals surface area contributed by atoms with Crippen molar-refractivity contribution in [2.75, 3.05) is 23.9 Å². The number of carbonyl (C=O) groups excluding carboxylic acids is 2. The lowest BCUT2D eigenvalue weighted by molar-refractivity contribution is -0.138. The summed E-state index contributed by atoms with van der Waals surface area (Å²) >= 11 is 12.4. The van der Waals surface area contributed by atoms with E-state index in [2.05, 4.69) is 5.32 Å². The lowest BCUT2D eigenvalue weighted by atomic mass is 10.1. The zero-order valence-corrected chi connectivity index (χ0v) is 24.6. The number of nitrogens with one attached hydrogen (secondary N) is 1. The summed E-state index contributed by atoms with van der Waals surface area (Å²) in [6, 6.07) is 19.5. The average Bonchev–Trinajstić information content (AvgIpc) is 2.90. The number of benzene rings is 3. The molecule has 0 radical (unpaired) electrons. The quantitative estimate of drug-likeness (QED) is 0.303. The Balaban J connectivity index is 2.00. The topological polar surface area (TPSA) is 86.8 Å². The van der Waals surface area contributed by atoms with Crippen LogP contribution in [0.2, 0.25) is 10.0 Å². The maximum Gasteiger partial charge on any atom is 0.264 e. The molecule has 7 nitrogen and oxygen atoms in total. The first-order valence-electron chi connectivity index (χ1n) is 12.7. The van der Waals surface area contributed by atoms with Crippen LogP contribution in [0.25, 0.3) is 0 Å². The number of aryl methyl sites for hydroxylation is 1. The van der Waals surface area contributed by atoms with Crippen molar-refractivity contribution in [2.24, 2.45) is 0 Å². The molecule has 1 N–H and O–H groups in total. The van der Waals surface area contributed by atoms with E-state index in [-0.39, 0.29) is 33.1 Å². The molecule has 2 amide bonds. The van der Waals surface area contributed by atoms with Crippen LogP contribution in [-0.2, 0) is 26.0 Å². The number of sulfonamides is 1. The van der Waals surface area contributed by atoms with Gasteiger partial charge in [-0.15, -0.1) is 0 Å². The van der Waals surface area contributed by atoms with E-state index >= 15 is 0 Å². The molecule has 0 saturated carbocycles. The van der Waals surface area contributed by atoms with Crippen LogP contribution in [0.4, 0.5) is 5.69 Å². The molecular weight excluding hydrogens is 557 g/mol. The molecule has 208 valence electrons. The van der Waals surface area contributed by atoms with Crippen molar-refractivity contribution >= 4 is 50.7 Å². The molecule has 0 spiro atoms. The first kappa shape index (κ1) is 30.5. The third-order valence-corrected chi connectivity index (χ3v) is 8.45. The molecule has 0 aliphatic carbocycles. The van der Waals surface area contributed by atoms with Crippen molar-refractivity contribution in [1.29, 1.82) is 0 Å². The van der Waals surface area contributed by atoms with Gasteiger partial charge in [0.2, 0.25) is 11.8 Å². The molecule has 0 aliphatic heterocycles. The van der Waals surface area contributed by atoms with E-state index in [9.17, 15) is 18.0 Å². The molecule has 3 aromatic rings. The van der Waals surface area contributed by atoms with Crippen molar-refractivity contribution in [3.05, 3.63) is 94.0 Å². The number of carbonyl (C=O) groups is 2. The smallest absolute Gasteiger partial charge is 0.264 e. The summed E-state index contributed by atoms with van der Waals surface area (Å²) in [7, 11) is -4.19. The molecule has 0 aromatic heterocycles. The largest absolute Gasteiger partial charge is 0.354 e. The maximum atomic E-state index is 13.8. The Morgan fingerprint density at radius 2 is 1.56 bits per heavy atom. The SMILES string of the molecule is CCCNC(=O)[C@H](C)N(CCc1ccccc1)C(=O)CN(c1cc(Cl)cc(Cl)c1)S(=O)(=O)c1ccc(C)cc1. The number of halogens is 2. The minimum Gasteiger partial charge on any atom is -0.354 e. The molecule has 0 bridgehead atoms. The second-order valence-corrected chi connectivity index (χ2v) is 12.0. The highest BCUT2D eigenvalue weighted by molar-refractivity contribution is 7.92. The normalized spacial score (nSPS) is 12.0. The van der Waals surface area contributed by atoms with E-state index in [1.54, 1.807) is 19.1 Å². The summed E-state index contributed by atoms with van der Waals surface area (Å²) in [5, 5.41) is 3.28. The van der Waals surface area contributed by atoms with Crippen LogP contribution in [0.1, 0.15) is 31.4 Å². The Bertz CT molecular complexity index is 1360. The van der Waals surface area contributed by atoms with Crippen LogP contribution >= 0.6 is 23.2 Å². The van der Waals surface area contributed by atoms with Crippen LogP contribution in [0.15, 0.2) is 77.7 Å². The van der Waals surface area contributed by atoms with Gasteiger partial charge in [0.15, 0.2) is 0 Å². The van der Waals surface area contributed by atoms with Crippen molar-refractivity contribution < 1.29 is 18.0 Å². The van der Waals surface area contributed by atoms with Gasteiger partial charge < -0.3 is 10.2 Å². The standard InChI is InChI=1S/C29H33Cl2N3O4S/c1-4-15-32-29(36)22(3)33(16-14-23-8-6-5-7-9-23)28(35)20-34(26-18-24(30)17-25(31)19-26)39(37,38)27-12-10-21(2)11-13-27/h5-13,17-19,22H,4,14-16,20H2,1-3H3,(H,32,36)/t22-/m0/s1. The van der Waals surface area contributed by atoms with Gasteiger partial charge in [0, 0.05) is 23.1 Å². The molecule has 10 heteroatoms. The average molecular weight is 591 g/mol. The fourth-order valence-corrected chi connectivity index (χ4v) is 5.93. The third kappa shape index (κ3) is 8.21. The first-order valence-corrected chi connectivity index (χ1v) is 14.9. The maximum absolute atomic E-state index is 13.8. The summed E-state index contributed by atoms with van der Waals surface area (Å²) < 4.78 is 28.7. The Hall–Kier alpha value is -3.07. The highest BCUT2D eigenvalue weighted by atomic mass is 35.5. The van der Waals surface area contributed by atoms with E-state index in [4.69, 9.17) is 23.2 Å².